The molecule has 0 spiro atoms. The minimum Gasteiger partial charge on any atom is -0.349 e. The second-order valence-electron chi connectivity index (χ2n) is 15.5. The van der Waals surface area contributed by atoms with Gasteiger partial charge in [-0.05, 0) is 110 Å². The van der Waals surface area contributed by atoms with Crippen LogP contribution in [-0.4, -0.2) is 41.5 Å². The van der Waals surface area contributed by atoms with E-state index < -0.39 is 136 Å². The van der Waals surface area contributed by atoms with Gasteiger partial charge in [0.25, 0.3) is 11.2 Å². The highest BCUT2D eigenvalue weighted by atomic mass is 79.9. The maximum atomic E-state index is 14.0. The molecule has 0 radical (unpaired) electrons. The molecule has 6 aromatic carbocycles. The molecule has 0 saturated heterocycles. The third kappa shape index (κ3) is 12.7. The van der Waals surface area contributed by atoms with Crippen LogP contribution in [0.5, 0.6) is 0 Å². The Labute approximate surface area is 435 Å². The normalized spacial score (nSPS) is 13.2. The fourth-order valence-electron chi connectivity index (χ4n) is 6.73. The molecule has 0 heterocycles. The third-order valence-electron chi connectivity index (χ3n) is 10.7. The zero-order chi connectivity index (χ0) is 57.2. The summed E-state index contributed by atoms with van der Waals surface area (Å²) in [5.74, 6) is -7.18. The Balaban J connectivity index is 0.000000281. The Morgan fingerprint density at radius 3 is 1.17 bits per heavy atom. The van der Waals surface area contributed by atoms with Crippen LogP contribution in [0.15, 0.2) is 152 Å². The van der Waals surface area contributed by atoms with Crippen LogP contribution in [0.4, 0.5) is 79.0 Å². The summed E-state index contributed by atoms with van der Waals surface area (Å²) in [6, 6.07) is 13.9. The van der Waals surface area contributed by atoms with E-state index in [1.807, 2.05) is 0 Å². The summed E-state index contributed by atoms with van der Waals surface area (Å²) in [5, 5.41) is 0.625. The highest BCUT2D eigenvalue weighted by Crippen LogP contribution is 2.55. The van der Waals surface area contributed by atoms with Gasteiger partial charge in [-0.25, -0.2) is 43.2 Å². The second-order valence-corrected chi connectivity index (χ2v) is 21.0. The monoisotopic (exact) mass is 1260 g/mol. The van der Waals surface area contributed by atoms with Gasteiger partial charge in [0.15, 0.2) is 9.84 Å². The van der Waals surface area contributed by atoms with Crippen LogP contribution in [0.1, 0.15) is 33.4 Å². The average Bonchev–Trinajstić information content (AvgIpc) is 3.30. The molecule has 0 N–H and O–H groups in total. The van der Waals surface area contributed by atoms with Gasteiger partial charge >= 0.3 is 24.7 Å². The fraction of sp³-hybridized carbons (Fsp3) is 0.167. The molecular weight excluding hydrogens is 1240 g/mol. The van der Waals surface area contributed by atoms with Crippen molar-refractivity contribution in [1.82, 2.24) is 0 Å². The van der Waals surface area contributed by atoms with Gasteiger partial charge in [0.05, 0.1) is 36.9 Å². The summed E-state index contributed by atoms with van der Waals surface area (Å²) in [5.41, 5.74) is -15.8. The Morgan fingerprint density at radius 2 is 0.816 bits per heavy atom. The molecule has 0 bridgehead atoms. The lowest BCUT2D eigenvalue weighted by molar-refractivity contribution is -0.393. The summed E-state index contributed by atoms with van der Waals surface area (Å²) >= 11 is 5.64. The van der Waals surface area contributed by atoms with E-state index >= 15 is 0 Å². The van der Waals surface area contributed by atoms with E-state index in [-0.39, 0.29) is 25.0 Å². The maximum absolute atomic E-state index is 14.0. The lowest BCUT2D eigenvalue weighted by Crippen LogP contribution is -2.55. The van der Waals surface area contributed by atoms with Crippen molar-refractivity contribution in [3.63, 3.8) is 0 Å². The lowest BCUT2D eigenvalue weighted by atomic mass is 9.91. The highest BCUT2D eigenvalue weighted by Gasteiger charge is 2.74. The summed E-state index contributed by atoms with van der Waals surface area (Å²) in [6.45, 7) is -0.0862. The molecule has 28 heteroatoms. The summed E-state index contributed by atoms with van der Waals surface area (Å²) in [7, 11) is -8.61. The Hall–Kier alpha value is -5.68. The van der Waals surface area contributed by atoms with Crippen LogP contribution in [0, 0.1) is 34.9 Å². The largest absolute Gasteiger partial charge is 0.430 e. The van der Waals surface area contributed by atoms with Crippen molar-refractivity contribution in [3.8, 4) is 0 Å². The van der Waals surface area contributed by atoms with E-state index in [4.69, 9.17) is 0 Å². The van der Waals surface area contributed by atoms with Crippen molar-refractivity contribution in [2.45, 2.75) is 58.9 Å². The van der Waals surface area contributed by atoms with Gasteiger partial charge in [-0.2, -0.15) is 52.7 Å². The number of halogens is 20. The molecule has 0 fully saturated rings. The van der Waals surface area contributed by atoms with Gasteiger partial charge < -0.3 is 9.47 Å². The first-order valence-electron chi connectivity index (χ1n) is 20.3. The van der Waals surface area contributed by atoms with Crippen molar-refractivity contribution in [1.29, 1.82) is 0 Å². The van der Waals surface area contributed by atoms with Gasteiger partial charge in [0.1, 0.15) is 34.9 Å². The summed E-state index contributed by atoms with van der Waals surface area (Å²) in [6.07, 6.45) is -23.7. The van der Waals surface area contributed by atoms with Crippen LogP contribution < -0.4 is 0 Å². The second kappa shape index (κ2) is 22.7. The van der Waals surface area contributed by atoms with Gasteiger partial charge in [0.2, 0.25) is 9.84 Å². The number of rotatable bonds is 14. The molecule has 0 unspecified atom stereocenters. The van der Waals surface area contributed by atoms with Crippen LogP contribution in [0.25, 0.3) is 11.0 Å². The average molecular weight is 1270 g/mol. The van der Waals surface area contributed by atoms with Gasteiger partial charge in [-0.15, -0.1) is 0 Å². The predicted octanol–water partition coefficient (Wildman–Crippen LogP) is 15.7. The minimum atomic E-state index is -6.17. The molecule has 0 aliphatic heterocycles. The molecule has 6 rings (SSSR count). The summed E-state index contributed by atoms with van der Waals surface area (Å²) < 4.78 is 309. The smallest absolute Gasteiger partial charge is 0.349 e. The first-order chi connectivity index (χ1) is 34.9. The zero-order valence-corrected chi connectivity index (χ0v) is 42.0. The van der Waals surface area contributed by atoms with Crippen molar-refractivity contribution in [2.75, 3.05) is 0 Å². The molecule has 0 aliphatic rings. The maximum Gasteiger partial charge on any atom is 0.430 e. The van der Waals surface area contributed by atoms with E-state index in [1.165, 1.54) is 0 Å². The van der Waals surface area contributed by atoms with Crippen LogP contribution in [-0.2, 0) is 53.6 Å². The zero-order valence-electron chi connectivity index (χ0n) is 37.1. The van der Waals surface area contributed by atoms with Crippen LogP contribution >= 0.6 is 31.9 Å². The molecule has 76 heavy (non-hydrogen) atoms. The van der Waals surface area contributed by atoms with E-state index in [2.05, 4.69) is 47.9 Å². The standard InChI is InChI=1S/2C24H14BrF9O3S/c1-13(38(35,36)16-9-10-21(28)18(25)11-16)14-5-7-15(8-6-14)22(23(29,30)31,24(32,33)34)37-12-17-19(26)3-2-4-20(17)27;25-18-12-16(8-9-21(18)28)38(35,36)11-10-14-4-6-15(7-5-14)22(23(29,30)31,24(32,33)34)37-13-17-19(26)2-1-3-20(17)27/h2-11H,1,12H2;1-12H,13H2/b;11-10+. The van der Waals surface area contributed by atoms with Crippen molar-refractivity contribution >= 4 is 62.5 Å². The Morgan fingerprint density at radius 1 is 0.474 bits per heavy atom. The topological polar surface area (TPSA) is 86.7 Å². The lowest BCUT2D eigenvalue weighted by Gasteiger charge is -2.37. The molecule has 0 saturated carbocycles. The number of ether oxygens (including phenoxy) is 2. The number of sulfone groups is 2. The number of alkyl halides is 12. The molecule has 6 aromatic rings. The summed E-state index contributed by atoms with van der Waals surface area (Å²) in [4.78, 5) is -1.49. The molecule has 408 valence electrons. The number of benzene rings is 6. The molecule has 0 atom stereocenters. The van der Waals surface area contributed by atoms with Crippen LogP contribution in [0.3, 0.4) is 0 Å². The van der Waals surface area contributed by atoms with E-state index in [0.717, 1.165) is 66.7 Å². The SMILES string of the molecule is C=C(c1ccc(C(OCc2c(F)cccc2F)(C(F)(F)F)C(F)(F)F)cc1)S(=O)(=O)c1ccc(F)c(Br)c1.O=S(=O)(/C=C/c1ccc(C(OCc2c(F)cccc2F)(C(F)(F)F)C(F)(F)F)cc1)c1ccc(F)c(Br)c1. The molecule has 0 amide bonds. The Bertz CT molecular complexity index is 3290. The van der Waals surface area contributed by atoms with E-state index in [0.29, 0.717) is 66.1 Å². The van der Waals surface area contributed by atoms with Gasteiger partial charge in [-0.1, -0.05) is 67.2 Å². The van der Waals surface area contributed by atoms with Crippen molar-refractivity contribution < 1.29 is 105 Å². The number of hydrogen-bond donors (Lipinski definition) is 0. The molecular formula is C48H28Br2F18O6S2. The number of hydrogen-bond acceptors (Lipinski definition) is 6. The minimum absolute atomic E-state index is 0.114. The van der Waals surface area contributed by atoms with Crippen molar-refractivity contribution in [2.24, 2.45) is 0 Å². The molecule has 6 nitrogen and oxygen atoms in total. The van der Waals surface area contributed by atoms with Gasteiger partial charge in [-0.3, -0.25) is 0 Å². The van der Waals surface area contributed by atoms with Crippen molar-refractivity contribution in [3.05, 3.63) is 211 Å². The van der Waals surface area contributed by atoms with E-state index in [1.54, 1.807) is 0 Å². The highest BCUT2D eigenvalue weighted by molar-refractivity contribution is 9.10. The van der Waals surface area contributed by atoms with Crippen LogP contribution in [0.2, 0.25) is 0 Å². The van der Waals surface area contributed by atoms with Gasteiger partial charge in [0, 0.05) is 27.7 Å². The van der Waals surface area contributed by atoms with E-state index in [9.17, 15) is 95.9 Å². The third-order valence-corrected chi connectivity index (χ3v) is 15.1. The Kier molecular flexibility index (Phi) is 18.3. The quantitative estimate of drug-likeness (QED) is 0.0798. The fourth-order valence-corrected chi connectivity index (χ4v) is 10.1. The first-order valence-corrected chi connectivity index (χ1v) is 24.9. The predicted molar refractivity (Wildman–Crippen MR) is 243 cm³/mol. The first kappa shape index (κ1) is 61.2. The molecule has 0 aliphatic carbocycles. The molecule has 0 aromatic heterocycles.